The van der Waals surface area contributed by atoms with Gasteiger partial charge in [0.2, 0.25) is 0 Å². The molecule has 1 rings (SSSR count). The Balaban J connectivity index is 2.50. The molecule has 1 aliphatic carbocycles. The molecule has 1 N–H and O–H groups in total. The summed E-state index contributed by atoms with van der Waals surface area (Å²) in [5.74, 6) is 0. The number of amides is 1. The Morgan fingerprint density at radius 3 is 2.38 bits per heavy atom. The fourth-order valence-electron chi connectivity index (χ4n) is 2.56. The van der Waals surface area contributed by atoms with Gasteiger partial charge in [-0.05, 0) is 52.9 Å². The fourth-order valence-corrected chi connectivity index (χ4v) is 2.56. The van der Waals surface area contributed by atoms with Crippen molar-refractivity contribution in [3.63, 3.8) is 0 Å². The molecular formula is C15H28N2O4. The minimum absolute atomic E-state index is 0.0174. The molecule has 6 heteroatoms. The molecule has 1 saturated carbocycles. The van der Waals surface area contributed by atoms with Crippen molar-refractivity contribution in [1.29, 1.82) is 0 Å². The van der Waals surface area contributed by atoms with Gasteiger partial charge in [0.1, 0.15) is 11.7 Å². The van der Waals surface area contributed by atoms with E-state index in [1.165, 1.54) is 0 Å². The van der Waals surface area contributed by atoms with E-state index in [0.717, 1.165) is 38.6 Å². The number of carbonyl (C=O) groups is 2. The van der Waals surface area contributed by atoms with Crippen LogP contribution in [-0.2, 0) is 14.3 Å². The van der Waals surface area contributed by atoms with Gasteiger partial charge < -0.3 is 9.47 Å². The highest BCUT2D eigenvalue weighted by atomic mass is 16.6. The Morgan fingerprint density at radius 2 is 1.90 bits per heavy atom. The summed E-state index contributed by atoms with van der Waals surface area (Å²) in [6.45, 7) is 8.91. The highest BCUT2D eigenvalue weighted by molar-refractivity contribution is 5.67. The SMILES string of the molecule is CCCN(NC(=O)OC(C)(C)C)C1CCC(OC=O)CC1. The number of hydrazine groups is 1. The predicted octanol–water partition coefficient (Wildman–Crippen LogP) is 2.62. The van der Waals surface area contributed by atoms with Gasteiger partial charge in [-0.3, -0.25) is 10.2 Å². The zero-order chi connectivity index (χ0) is 15.9. The van der Waals surface area contributed by atoms with E-state index in [9.17, 15) is 9.59 Å². The Bertz CT molecular complexity index is 333. The molecule has 0 saturated heterocycles. The standard InChI is InChI=1S/C15H28N2O4/c1-5-10-17(16-14(19)21-15(2,3)4)12-6-8-13(9-7-12)20-11-18/h11-13H,5-10H2,1-4H3,(H,16,19). The predicted molar refractivity (Wildman–Crippen MR) is 79.6 cm³/mol. The minimum atomic E-state index is -0.503. The lowest BCUT2D eigenvalue weighted by Crippen LogP contribution is -2.51. The Morgan fingerprint density at radius 1 is 1.29 bits per heavy atom. The van der Waals surface area contributed by atoms with Crippen molar-refractivity contribution in [2.75, 3.05) is 6.54 Å². The number of hydrogen-bond acceptors (Lipinski definition) is 5. The monoisotopic (exact) mass is 300 g/mol. The van der Waals surface area contributed by atoms with E-state index in [1.807, 2.05) is 25.8 Å². The highest BCUT2D eigenvalue weighted by Gasteiger charge is 2.28. The molecule has 1 aliphatic rings. The zero-order valence-electron chi connectivity index (χ0n) is 13.6. The Labute approximate surface area is 127 Å². The maximum absolute atomic E-state index is 11.9. The maximum Gasteiger partial charge on any atom is 0.422 e. The summed E-state index contributed by atoms with van der Waals surface area (Å²) in [4.78, 5) is 22.3. The van der Waals surface area contributed by atoms with Gasteiger partial charge in [-0.1, -0.05) is 6.92 Å². The van der Waals surface area contributed by atoms with E-state index in [4.69, 9.17) is 9.47 Å². The summed E-state index contributed by atoms with van der Waals surface area (Å²) >= 11 is 0. The highest BCUT2D eigenvalue weighted by Crippen LogP contribution is 2.24. The number of nitrogens with one attached hydrogen (secondary N) is 1. The van der Waals surface area contributed by atoms with E-state index in [-0.39, 0.29) is 12.1 Å². The zero-order valence-corrected chi connectivity index (χ0v) is 13.6. The lowest BCUT2D eigenvalue weighted by atomic mass is 9.92. The quantitative estimate of drug-likeness (QED) is 0.603. The second kappa shape index (κ2) is 8.22. The van der Waals surface area contributed by atoms with Gasteiger partial charge in [-0.25, -0.2) is 9.80 Å². The second-order valence-electron chi connectivity index (χ2n) is 6.47. The number of ether oxygens (including phenoxy) is 2. The first-order valence-electron chi connectivity index (χ1n) is 7.71. The first kappa shape index (κ1) is 17.8. The summed E-state index contributed by atoms with van der Waals surface area (Å²) in [6, 6.07) is 0.268. The van der Waals surface area contributed by atoms with Gasteiger partial charge in [0.25, 0.3) is 6.47 Å². The van der Waals surface area contributed by atoms with Crippen molar-refractivity contribution in [2.45, 2.75) is 77.5 Å². The molecule has 0 aromatic rings. The average Bonchev–Trinajstić information content (AvgIpc) is 2.37. The van der Waals surface area contributed by atoms with E-state index in [2.05, 4.69) is 12.3 Å². The minimum Gasteiger partial charge on any atom is -0.465 e. The van der Waals surface area contributed by atoms with Crippen LogP contribution in [0.4, 0.5) is 4.79 Å². The van der Waals surface area contributed by atoms with Crippen LogP contribution in [0, 0.1) is 0 Å². The van der Waals surface area contributed by atoms with Crippen molar-refractivity contribution >= 4 is 12.6 Å². The van der Waals surface area contributed by atoms with Crippen LogP contribution in [0.3, 0.4) is 0 Å². The van der Waals surface area contributed by atoms with Gasteiger partial charge in [0.05, 0.1) is 0 Å². The van der Waals surface area contributed by atoms with Crippen LogP contribution in [0.1, 0.15) is 59.8 Å². The van der Waals surface area contributed by atoms with Gasteiger partial charge in [-0.15, -0.1) is 0 Å². The summed E-state index contributed by atoms with van der Waals surface area (Å²) in [5.41, 5.74) is 2.35. The smallest absolute Gasteiger partial charge is 0.422 e. The summed E-state index contributed by atoms with van der Waals surface area (Å²) < 4.78 is 10.3. The maximum atomic E-state index is 11.9. The molecular weight excluding hydrogens is 272 g/mol. The molecule has 6 nitrogen and oxygen atoms in total. The van der Waals surface area contributed by atoms with Crippen molar-refractivity contribution in [3.8, 4) is 0 Å². The summed E-state index contributed by atoms with van der Waals surface area (Å²) in [7, 11) is 0. The molecule has 0 aromatic carbocycles. The van der Waals surface area contributed by atoms with Crippen molar-refractivity contribution < 1.29 is 19.1 Å². The van der Waals surface area contributed by atoms with Crippen LogP contribution >= 0.6 is 0 Å². The van der Waals surface area contributed by atoms with Crippen LogP contribution in [-0.4, -0.2) is 41.9 Å². The molecule has 0 unspecified atom stereocenters. The molecule has 21 heavy (non-hydrogen) atoms. The number of hydrogen-bond donors (Lipinski definition) is 1. The number of rotatable bonds is 6. The van der Waals surface area contributed by atoms with Gasteiger partial charge >= 0.3 is 6.09 Å². The summed E-state index contributed by atoms with van der Waals surface area (Å²) in [5, 5.41) is 1.96. The van der Waals surface area contributed by atoms with Gasteiger partial charge in [0, 0.05) is 12.6 Å². The molecule has 0 bridgehead atoms. The number of nitrogens with zero attached hydrogens (tertiary/aromatic N) is 1. The second-order valence-corrected chi connectivity index (χ2v) is 6.47. The molecule has 122 valence electrons. The fraction of sp³-hybridized carbons (Fsp3) is 0.867. The molecule has 0 spiro atoms. The van der Waals surface area contributed by atoms with Crippen molar-refractivity contribution in [1.82, 2.24) is 10.4 Å². The van der Waals surface area contributed by atoms with Gasteiger partial charge in [-0.2, -0.15) is 0 Å². The molecule has 0 atom stereocenters. The molecule has 1 fully saturated rings. The molecule has 0 radical (unpaired) electrons. The van der Waals surface area contributed by atoms with Crippen LogP contribution in [0.5, 0.6) is 0 Å². The Kier molecular flexibility index (Phi) is 6.95. The van der Waals surface area contributed by atoms with E-state index in [0.29, 0.717) is 6.47 Å². The lowest BCUT2D eigenvalue weighted by Gasteiger charge is -2.36. The topological polar surface area (TPSA) is 67.9 Å². The largest absolute Gasteiger partial charge is 0.465 e. The molecule has 0 aliphatic heterocycles. The van der Waals surface area contributed by atoms with Crippen molar-refractivity contribution in [2.24, 2.45) is 0 Å². The first-order chi connectivity index (χ1) is 9.85. The summed E-state index contributed by atoms with van der Waals surface area (Å²) in [6.07, 6.45) is 4.01. The van der Waals surface area contributed by atoms with Crippen LogP contribution in [0.15, 0.2) is 0 Å². The Hall–Kier alpha value is -1.30. The van der Waals surface area contributed by atoms with Crippen LogP contribution in [0.25, 0.3) is 0 Å². The van der Waals surface area contributed by atoms with Crippen LogP contribution in [0.2, 0.25) is 0 Å². The van der Waals surface area contributed by atoms with E-state index < -0.39 is 11.7 Å². The lowest BCUT2D eigenvalue weighted by molar-refractivity contribution is -0.135. The third kappa shape index (κ3) is 6.80. The van der Waals surface area contributed by atoms with Crippen LogP contribution < -0.4 is 5.43 Å². The van der Waals surface area contributed by atoms with Gasteiger partial charge in [0.15, 0.2) is 0 Å². The third-order valence-corrected chi connectivity index (χ3v) is 3.43. The molecule has 1 amide bonds. The van der Waals surface area contributed by atoms with Crippen molar-refractivity contribution in [3.05, 3.63) is 0 Å². The van der Waals surface area contributed by atoms with E-state index in [1.54, 1.807) is 0 Å². The molecule has 0 aromatic heterocycles. The first-order valence-corrected chi connectivity index (χ1v) is 7.71. The number of carbonyl (C=O) groups excluding carboxylic acids is 2. The van der Waals surface area contributed by atoms with E-state index >= 15 is 0 Å². The average molecular weight is 300 g/mol. The molecule has 0 heterocycles. The third-order valence-electron chi connectivity index (χ3n) is 3.43. The normalized spacial score (nSPS) is 22.7.